The van der Waals surface area contributed by atoms with Crippen molar-refractivity contribution in [1.29, 1.82) is 0 Å². The molecule has 0 aromatic carbocycles. The highest BCUT2D eigenvalue weighted by atomic mass is 32.1. The molecule has 0 aliphatic rings. The SMILES string of the molecule is CCC(C)NC(=NCC(=O)N(C)C)NCc1nc(C(C)C)cs1. The van der Waals surface area contributed by atoms with E-state index in [4.69, 9.17) is 0 Å². The molecule has 1 heterocycles. The Morgan fingerprint density at radius 2 is 2.09 bits per heavy atom. The summed E-state index contributed by atoms with van der Waals surface area (Å²) in [7, 11) is 3.46. The Bertz CT molecular complexity index is 524. The minimum atomic E-state index is -0.0217. The molecule has 0 aliphatic carbocycles. The van der Waals surface area contributed by atoms with Gasteiger partial charge in [0.05, 0.1) is 12.2 Å². The molecule has 0 fully saturated rings. The molecule has 0 saturated carbocycles. The van der Waals surface area contributed by atoms with E-state index >= 15 is 0 Å². The molecule has 0 saturated heterocycles. The molecule has 0 spiro atoms. The lowest BCUT2D eigenvalue weighted by Crippen LogP contribution is -2.42. The van der Waals surface area contributed by atoms with Crippen LogP contribution in [0.15, 0.2) is 10.4 Å². The van der Waals surface area contributed by atoms with Gasteiger partial charge in [0.15, 0.2) is 5.96 Å². The number of rotatable bonds is 7. The molecule has 1 rings (SSSR count). The zero-order valence-electron chi connectivity index (χ0n) is 15.0. The number of aromatic nitrogens is 1. The van der Waals surface area contributed by atoms with Crippen LogP contribution < -0.4 is 10.6 Å². The van der Waals surface area contributed by atoms with Crippen molar-refractivity contribution in [1.82, 2.24) is 20.5 Å². The molecule has 1 aromatic rings. The number of aliphatic imine (C=N–C) groups is 1. The minimum absolute atomic E-state index is 0.0217. The van der Waals surface area contributed by atoms with E-state index < -0.39 is 0 Å². The maximum atomic E-state index is 11.7. The van der Waals surface area contributed by atoms with Crippen molar-refractivity contribution < 1.29 is 4.79 Å². The van der Waals surface area contributed by atoms with Crippen LogP contribution in [0.1, 0.15) is 50.7 Å². The molecule has 1 unspecified atom stereocenters. The summed E-state index contributed by atoms with van der Waals surface area (Å²) in [4.78, 5) is 22.2. The molecule has 23 heavy (non-hydrogen) atoms. The van der Waals surface area contributed by atoms with Gasteiger partial charge in [-0.3, -0.25) is 4.79 Å². The summed E-state index contributed by atoms with van der Waals surface area (Å²) in [6.07, 6.45) is 0.983. The van der Waals surface area contributed by atoms with Crippen molar-refractivity contribution in [3.8, 4) is 0 Å². The number of hydrogen-bond donors (Lipinski definition) is 2. The summed E-state index contributed by atoms with van der Waals surface area (Å²) in [5, 5.41) is 9.68. The summed E-state index contributed by atoms with van der Waals surface area (Å²) in [6, 6.07) is 0.290. The van der Waals surface area contributed by atoms with Gasteiger partial charge in [0.25, 0.3) is 0 Å². The highest BCUT2D eigenvalue weighted by molar-refractivity contribution is 7.09. The average Bonchev–Trinajstić information content (AvgIpc) is 2.98. The van der Waals surface area contributed by atoms with Crippen LogP contribution in [-0.2, 0) is 11.3 Å². The first kappa shape index (κ1) is 19.4. The summed E-state index contributed by atoms with van der Waals surface area (Å²) in [5.74, 6) is 1.06. The maximum Gasteiger partial charge on any atom is 0.243 e. The molecule has 2 N–H and O–H groups in total. The first-order chi connectivity index (χ1) is 10.8. The molecule has 130 valence electrons. The third kappa shape index (κ3) is 6.99. The number of likely N-dealkylation sites (N-methyl/N-ethyl adjacent to an activating group) is 1. The van der Waals surface area contributed by atoms with E-state index in [2.05, 4.69) is 53.7 Å². The van der Waals surface area contributed by atoms with E-state index in [1.54, 1.807) is 30.3 Å². The minimum Gasteiger partial charge on any atom is -0.354 e. The predicted octanol–water partition coefficient (Wildman–Crippen LogP) is 2.19. The standard InChI is InChI=1S/C16H29N5OS/c1-7-12(4)19-16(18-9-15(22)21(5)6)17-8-14-20-13(10-23-14)11(2)3/h10-12H,7-9H2,1-6H3,(H2,17,18,19). The molecule has 0 aliphatic heterocycles. The third-order valence-corrected chi connectivity index (χ3v) is 4.30. The van der Waals surface area contributed by atoms with Crippen molar-refractivity contribution in [3.63, 3.8) is 0 Å². The van der Waals surface area contributed by atoms with Crippen molar-refractivity contribution in [2.75, 3.05) is 20.6 Å². The highest BCUT2D eigenvalue weighted by Crippen LogP contribution is 2.17. The Hall–Kier alpha value is -1.63. The monoisotopic (exact) mass is 339 g/mol. The number of carbonyl (C=O) groups is 1. The number of nitrogens with zero attached hydrogens (tertiary/aromatic N) is 3. The van der Waals surface area contributed by atoms with Crippen LogP contribution in [0.5, 0.6) is 0 Å². The molecule has 1 amide bonds. The zero-order chi connectivity index (χ0) is 17.4. The average molecular weight is 340 g/mol. The lowest BCUT2D eigenvalue weighted by Gasteiger charge is -2.17. The molecule has 0 bridgehead atoms. The molecule has 7 heteroatoms. The lowest BCUT2D eigenvalue weighted by molar-refractivity contribution is -0.127. The van der Waals surface area contributed by atoms with E-state index in [1.165, 1.54) is 0 Å². The topological polar surface area (TPSA) is 69.6 Å². The smallest absolute Gasteiger partial charge is 0.243 e. The number of carbonyl (C=O) groups excluding carboxylic acids is 1. The van der Waals surface area contributed by atoms with Crippen LogP contribution >= 0.6 is 11.3 Å². The van der Waals surface area contributed by atoms with Gasteiger partial charge in [0, 0.05) is 25.5 Å². The Kier molecular flexibility index (Phi) is 8.02. The van der Waals surface area contributed by atoms with Gasteiger partial charge in [-0.25, -0.2) is 9.98 Å². The van der Waals surface area contributed by atoms with E-state index in [0.717, 1.165) is 17.1 Å². The maximum absolute atomic E-state index is 11.7. The number of hydrogen-bond acceptors (Lipinski definition) is 4. The first-order valence-corrected chi connectivity index (χ1v) is 8.90. The third-order valence-electron chi connectivity index (χ3n) is 3.43. The van der Waals surface area contributed by atoms with Crippen LogP contribution in [0.3, 0.4) is 0 Å². The fourth-order valence-corrected chi connectivity index (χ4v) is 2.50. The second kappa shape index (κ2) is 9.50. The van der Waals surface area contributed by atoms with Gasteiger partial charge in [-0.15, -0.1) is 11.3 Å². The molecule has 1 aromatic heterocycles. The van der Waals surface area contributed by atoms with Gasteiger partial charge in [0.1, 0.15) is 11.6 Å². The first-order valence-electron chi connectivity index (χ1n) is 8.02. The molecule has 0 radical (unpaired) electrons. The van der Waals surface area contributed by atoms with E-state index in [-0.39, 0.29) is 12.5 Å². The van der Waals surface area contributed by atoms with Gasteiger partial charge in [0.2, 0.25) is 5.91 Å². The van der Waals surface area contributed by atoms with Crippen LogP contribution in [0.25, 0.3) is 0 Å². The quantitative estimate of drug-likeness (QED) is 0.590. The summed E-state index contributed by atoms with van der Waals surface area (Å²) in [6.45, 7) is 9.21. The number of amides is 1. The van der Waals surface area contributed by atoms with E-state index in [0.29, 0.717) is 24.5 Å². The fraction of sp³-hybridized carbons (Fsp3) is 0.688. The van der Waals surface area contributed by atoms with E-state index in [9.17, 15) is 4.79 Å². The van der Waals surface area contributed by atoms with Crippen molar-refractivity contribution in [2.45, 2.75) is 52.6 Å². The van der Waals surface area contributed by atoms with Gasteiger partial charge >= 0.3 is 0 Å². The summed E-state index contributed by atoms with van der Waals surface area (Å²) < 4.78 is 0. The van der Waals surface area contributed by atoms with Crippen molar-refractivity contribution >= 4 is 23.2 Å². The Morgan fingerprint density at radius 3 is 2.61 bits per heavy atom. The molecular weight excluding hydrogens is 310 g/mol. The van der Waals surface area contributed by atoms with Crippen molar-refractivity contribution in [3.05, 3.63) is 16.1 Å². The Morgan fingerprint density at radius 1 is 1.39 bits per heavy atom. The fourth-order valence-electron chi connectivity index (χ4n) is 1.61. The van der Waals surface area contributed by atoms with E-state index in [1.807, 2.05) is 0 Å². The van der Waals surface area contributed by atoms with Crippen LogP contribution in [0.4, 0.5) is 0 Å². The number of thiazole rings is 1. The lowest BCUT2D eigenvalue weighted by atomic mass is 10.2. The second-order valence-electron chi connectivity index (χ2n) is 6.08. The van der Waals surface area contributed by atoms with Crippen LogP contribution in [0.2, 0.25) is 0 Å². The highest BCUT2D eigenvalue weighted by Gasteiger charge is 2.09. The predicted molar refractivity (Wildman–Crippen MR) is 96.9 cm³/mol. The number of guanidine groups is 1. The molecule has 6 nitrogen and oxygen atoms in total. The van der Waals surface area contributed by atoms with Crippen LogP contribution in [0, 0.1) is 0 Å². The second-order valence-corrected chi connectivity index (χ2v) is 7.02. The molecular formula is C16H29N5OS. The van der Waals surface area contributed by atoms with Gasteiger partial charge in [-0.2, -0.15) is 0 Å². The van der Waals surface area contributed by atoms with Crippen LogP contribution in [-0.4, -0.2) is 48.4 Å². The molecule has 1 atom stereocenters. The summed E-state index contributed by atoms with van der Waals surface area (Å²) >= 11 is 1.64. The Balaban J connectivity index is 2.67. The largest absolute Gasteiger partial charge is 0.354 e. The zero-order valence-corrected chi connectivity index (χ0v) is 15.8. The summed E-state index contributed by atoms with van der Waals surface area (Å²) in [5.41, 5.74) is 1.11. The van der Waals surface area contributed by atoms with Gasteiger partial charge in [-0.05, 0) is 19.3 Å². The van der Waals surface area contributed by atoms with Gasteiger partial charge in [-0.1, -0.05) is 20.8 Å². The Labute approximate surface area is 143 Å². The number of nitrogens with one attached hydrogen (secondary N) is 2. The van der Waals surface area contributed by atoms with Crippen molar-refractivity contribution in [2.24, 2.45) is 4.99 Å². The normalized spacial score (nSPS) is 13.1. The van der Waals surface area contributed by atoms with Gasteiger partial charge < -0.3 is 15.5 Å².